The van der Waals surface area contributed by atoms with Crippen molar-refractivity contribution >= 4 is 5.91 Å². The molecule has 0 bridgehead atoms. The Bertz CT molecular complexity index is 474. The number of hydrogen-bond acceptors (Lipinski definition) is 3. The molecule has 1 saturated carbocycles. The third kappa shape index (κ3) is 3.77. The van der Waals surface area contributed by atoms with Gasteiger partial charge in [-0.25, -0.2) is 4.39 Å². The van der Waals surface area contributed by atoms with E-state index in [0.717, 1.165) is 12.8 Å². The summed E-state index contributed by atoms with van der Waals surface area (Å²) in [6, 6.07) is 4.26. The predicted molar refractivity (Wildman–Crippen MR) is 72.8 cm³/mol. The first kappa shape index (κ1) is 14.9. The van der Waals surface area contributed by atoms with E-state index < -0.39 is 0 Å². The van der Waals surface area contributed by atoms with Crippen molar-refractivity contribution in [2.45, 2.75) is 31.9 Å². The van der Waals surface area contributed by atoms with Gasteiger partial charge in [0.15, 0.2) is 0 Å². The van der Waals surface area contributed by atoms with Crippen LogP contribution in [0.5, 0.6) is 0 Å². The fourth-order valence-corrected chi connectivity index (χ4v) is 2.30. The number of carbonyl (C=O) groups excluding carboxylic acids is 1. The van der Waals surface area contributed by atoms with Crippen LogP contribution in [0.15, 0.2) is 18.2 Å². The van der Waals surface area contributed by atoms with Gasteiger partial charge in [0.2, 0.25) is 0 Å². The molecule has 0 saturated heterocycles. The van der Waals surface area contributed by atoms with Crippen molar-refractivity contribution < 1.29 is 19.0 Å². The summed E-state index contributed by atoms with van der Waals surface area (Å²) >= 11 is 0. The SMILES string of the molecule is COCc1cc(C(=O)NC(CCO)C2CC2)ccc1F. The van der Waals surface area contributed by atoms with Gasteiger partial charge in [-0.05, 0) is 43.4 Å². The standard InChI is InChI=1S/C15H20FNO3/c1-20-9-12-8-11(4-5-13(12)16)15(19)17-14(6-7-18)10-2-3-10/h4-5,8,10,14,18H,2-3,6-7,9H2,1H3,(H,17,19). The lowest BCUT2D eigenvalue weighted by Gasteiger charge is -2.17. The van der Waals surface area contributed by atoms with Crippen molar-refractivity contribution in [1.82, 2.24) is 5.32 Å². The van der Waals surface area contributed by atoms with Crippen molar-refractivity contribution in [3.05, 3.63) is 35.1 Å². The number of aliphatic hydroxyl groups is 1. The monoisotopic (exact) mass is 281 g/mol. The fourth-order valence-electron chi connectivity index (χ4n) is 2.30. The van der Waals surface area contributed by atoms with E-state index in [1.54, 1.807) is 0 Å². The molecule has 0 spiro atoms. The van der Waals surface area contributed by atoms with Crippen LogP contribution in [0.2, 0.25) is 0 Å². The average molecular weight is 281 g/mol. The molecule has 1 amide bonds. The molecular weight excluding hydrogens is 261 g/mol. The molecule has 0 aromatic heterocycles. The molecule has 0 heterocycles. The summed E-state index contributed by atoms with van der Waals surface area (Å²) in [4.78, 5) is 12.2. The van der Waals surface area contributed by atoms with Gasteiger partial charge in [-0.2, -0.15) is 0 Å². The smallest absolute Gasteiger partial charge is 0.251 e. The molecule has 20 heavy (non-hydrogen) atoms. The van der Waals surface area contributed by atoms with Crippen LogP contribution in [0.3, 0.4) is 0 Å². The zero-order valence-corrected chi connectivity index (χ0v) is 11.6. The number of aliphatic hydroxyl groups excluding tert-OH is 1. The number of ether oxygens (including phenoxy) is 1. The second-order valence-corrected chi connectivity index (χ2v) is 5.17. The summed E-state index contributed by atoms with van der Waals surface area (Å²) in [5.74, 6) is -0.143. The van der Waals surface area contributed by atoms with Crippen LogP contribution in [-0.4, -0.2) is 30.8 Å². The number of carbonyl (C=O) groups is 1. The zero-order chi connectivity index (χ0) is 14.5. The summed E-state index contributed by atoms with van der Waals surface area (Å²) < 4.78 is 18.4. The summed E-state index contributed by atoms with van der Waals surface area (Å²) in [6.07, 6.45) is 2.73. The Morgan fingerprint density at radius 3 is 2.90 bits per heavy atom. The minimum Gasteiger partial charge on any atom is -0.396 e. The Kier molecular flexibility index (Phi) is 5.09. The number of halogens is 1. The molecule has 1 unspecified atom stereocenters. The number of benzene rings is 1. The topological polar surface area (TPSA) is 58.6 Å². The second-order valence-electron chi connectivity index (χ2n) is 5.17. The highest BCUT2D eigenvalue weighted by atomic mass is 19.1. The van der Waals surface area contributed by atoms with E-state index in [0.29, 0.717) is 23.5 Å². The van der Waals surface area contributed by atoms with Gasteiger partial charge in [-0.15, -0.1) is 0 Å². The fraction of sp³-hybridized carbons (Fsp3) is 0.533. The molecule has 0 radical (unpaired) electrons. The van der Waals surface area contributed by atoms with E-state index in [2.05, 4.69) is 5.32 Å². The van der Waals surface area contributed by atoms with Crippen LogP contribution in [0.4, 0.5) is 4.39 Å². The first-order valence-electron chi connectivity index (χ1n) is 6.84. The number of hydrogen-bond donors (Lipinski definition) is 2. The second kappa shape index (κ2) is 6.81. The molecule has 1 aliphatic rings. The molecular formula is C15H20FNO3. The van der Waals surface area contributed by atoms with Crippen LogP contribution < -0.4 is 5.32 Å². The number of methoxy groups -OCH3 is 1. The maximum atomic E-state index is 13.5. The van der Waals surface area contributed by atoms with E-state index in [-0.39, 0.29) is 31.0 Å². The van der Waals surface area contributed by atoms with Crippen LogP contribution >= 0.6 is 0 Å². The average Bonchev–Trinajstić information content (AvgIpc) is 3.25. The third-order valence-electron chi connectivity index (χ3n) is 3.56. The van der Waals surface area contributed by atoms with Gasteiger partial charge >= 0.3 is 0 Å². The van der Waals surface area contributed by atoms with Gasteiger partial charge in [0.1, 0.15) is 5.82 Å². The van der Waals surface area contributed by atoms with Gasteiger partial charge in [0.05, 0.1) is 6.61 Å². The summed E-state index contributed by atoms with van der Waals surface area (Å²) in [6.45, 7) is 0.190. The molecule has 1 fully saturated rings. The van der Waals surface area contributed by atoms with Gasteiger partial charge in [0.25, 0.3) is 5.91 Å². The Morgan fingerprint density at radius 1 is 1.55 bits per heavy atom. The van der Waals surface area contributed by atoms with Crippen LogP contribution in [0, 0.1) is 11.7 Å². The van der Waals surface area contributed by atoms with Crippen molar-refractivity contribution in [1.29, 1.82) is 0 Å². The van der Waals surface area contributed by atoms with Gasteiger partial charge < -0.3 is 15.2 Å². The van der Waals surface area contributed by atoms with E-state index in [1.165, 1.54) is 25.3 Å². The van der Waals surface area contributed by atoms with Crippen LogP contribution in [0.1, 0.15) is 35.2 Å². The van der Waals surface area contributed by atoms with Crippen molar-refractivity contribution in [2.24, 2.45) is 5.92 Å². The number of rotatable bonds is 7. The Morgan fingerprint density at radius 2 is 2.30 bits per heavy atom. The highest BCUT2D eigenvalue weighted by Gasteiger charge is 2.32. The first-order chi connectivity index (χ1) is 9.65. The van der Waals surface area contributed by atoms with Gasteiger partial charge in [0, 0.05) is 30.9 Å². The van der Waals surface area contributed by atoms with Crippen molar-refractivity contribution in [2.75, 3.05) is 13.7 Å². The molecule has 1 aromatic rings. The van der Waals surface area contributed by atoms with Crippen LogP contribution in [-0.2, 0) is 11.3 Å². The van der Waals surface area contributed by atoms with Crippen molar-refractivity contribution in [3.63, 3.8) is 0 Å². The molecule has 110 valence electrons. The highest BCUT2D eigenvalue weighted by molar-refractivity contribution is 5.94. The number of nitrogens with one attached hydrogen (secondary N) is 1. The third-order valence-corrected chi connectivity index (χ3v) is 3.56. The molecule has 5 heteroatoms. The normalized spacial score (nSPS) is 15.9. The first-order valence-corrected chi connectivity index (χ1v) is 6.84. The van der Waals surface area contributed by atoms with E-state index in [1.807, 2.05) is 0 Å². The molecule has 1 atom stereocenters. The lowest BCUT2D eigenvalue weighted by Crippen LogP contribution is -2.37. The van der Waals surface area contributed by atoms with E-state index in [4.69, 9.17) is 9.84 Å². The molecule has 2 rings (SSSR count). The molecule has 0 aliphatic heterocycles. The Labute approximate surface area is 117 Å². The lowest BCUT2D eigenvalue weighted by molar-refractivity contribution is 0.0924. The lowest BCUT2D eigenvalue weighted by atomic mass is 10.1. The molecule has 1 aromatic carbocycles. The summed E-state index contributed by atoms with van der Waals surface area (Å²) in [5, 5.41) is 12.0. The van der Waals surface area contributed by atoms with Crippen molar-refractivity contribution in [3.8, 4) is 0 Å². The van der Waals surface area contributed by atoms with E-state index >= 15 is 0 Å². The Hall–Kier alpha value is -1.46. The quantitative estimate of drug-likeness (QED) is 0.802. The summed E-state index contributed by atoms with van der Waals surface area (Å²) in [7, 11) is 1.48. The maximum Gasteiger partial charge on any atom is 0.251 e. The van der Waals surface area contributed by atoms with E-state index in [9.17, 15) is 9.18 Å². The molecule has 1 aliphatic carbocycles. The minimum atomic E-state index is -0.377. The molecule has 2 N–H and O–H groups in total. The maximum absolute atomic E-state index is 13.5. The predicted octanol–water partition coefficient (Wildman–Crippen LogP) is 1.86. The minimum absolute atomic E-state index is 0.00317. The zero-order valence-electron chi connectivity index (χ0n) is 11.6. The van der Waals surface area contributed by atoms with Gasteiger partial charge in [-0.3, -0.25) is 4.79 Å². The number of amides is 1. The Balaban J connectivity index is 2.05. The summed E-state index contributed by atoms with van der Waals surface area (Å²) in [5.41, 5.74) is 0.785. The largest absolute Gasteiger partial charge is 0.396 e. The van der Waals surface area contributed by atoms with Gasteiger partial charge in [-0.1, -0.05) is 0 Å². The molecule has 4 nitrogen and oxygen atoms in total. The van der Waals surface area contributed by atoms with Crippen LogP contribution in [0.25, 0.3) is 0 Å². The highest BCUT2D eigenvalue weighted by Crippen LogP contribution is 2.34.